The minimum Gasteiger partial charge on any atom is -0.491 e. The lowest BCUT2D eigenvalue weighted by Crippen LogP contribution is -2.05. The highest BCUT2D eigenvalue weighted by molar-refractivity contribution is 5.32. The third-order valence-electron chi connectivity index (χ3n) is 4.59. The van der Waals surface area contributed by atoms with Crippen LogP contribution in [0.3, 0.4) is 0 Å². The Morgan fingerprint density at radius 1 is 0.840 bits per heavy atom. The predicted molar refractivity (Wildman–Crippen MR) is 95.5 cm³/mol. The molecule has 4 heteroatoms. The van der Waals surface area contributed by atoms with Crippen molar-refractivity contribution in [3.05, 3.63) is 59.7 Å². The van der Waals surface area contributed by atoms with E-state index in [1.165, 1.54) is 11.1 Å². The fourth-order valence-electron chi connectivity index (χ4n) is 2.79. The van der Waals surface area contributed by atoms with Crippen molar-refractivity contribution >= 4 is 0 Å². The van der Waals surface area contributed by atoms with Crippen LogP contribution < -0.4 is 9.47 Å². The highest BCUT2D eigenvalue weighted by atomic mass is 16.6. The van der Waals surface area contributed by atoms with Crippen LogP contribution in [0.4, 0.5) is 0 Å². The number of hydrogen-bond acceptors (Lipinski definition) is 4. The van der Waals surface area contributed by atoms with Gasteiger partial charge in [-0.2, -0.15) is 0 Å². The van der Waals surface area contributed by atoms with Gasteiger partial charge in [0, 0.05) is 0 Å². The number of epoxide rings is 2. The average molecular weight is 340 g/mol. The molecule has 2 aromatic carbocycles. The molecule has 3 unspecified atom stereocenters. The molecule has 4 nitrogen and oxygen atoms in total. The molecule has 2 heterocycles. The molecule has 0 aliphatic carbocycles. The van der Waals surface area contributed by atoms with Crippen LogP contribution >= 0.6 is 0 Å². The van der Waals surface area contributed by atoms with E-state index in [9.17, 15) is 0 Å². The Kier molecular flexibility index (Phi) is 4.90. The molecule has 2 fully saturated rings. The molecule has 0 bridgehead atoms. The van der Waals surface area contributed by atoms with E-state index in [2.05, 4.69) is 31.2 Å². The number of hydrogen-bond donors (Lipinski definition) is 0. The number of ether oxygens (including phenoxy) is 4. The molecule has 2 aliphatic rings. The van der Waals surface area contributed by atoms with Crippen molar-refractivity contribution in [3.8, 4) is 11.5 Å². The first-order valence-electron chi connectivity index (χ1n) is 8.94. The van der Waals surface area contributed by atoms with E-state index in [0.717, 1.165) is 31.1 Å². The highest BCUT2D eigenvalue weighted by Crippen LogP contribution is 2.25. The second-order valence-electron chi connectivity index (χ2n) is 6.85. The molecule has 0 amide bonds. The molecular weight excluding hydrogens is 316 g/mol. The Bertz CT molecular complexity index is 672. The first-order chi connectivity index (χ1) is 12.3. The topological polar surface area (TPSA) is 43.5 Å². The van der Waals surface area contributed by atoms with Gasteiger partial charge in [-0.05, 0) is 47.7 Å². The maximum absolute atomic E-state index is 5.69. The highest BCUT2D eigenvalue weighted by Gasteiger charge is 2.23. The summed E-state index contributed by atoms with van der Waals surface area (Å²) < 4.78 is 21.7. The molecule has 0 saturated carbocycles. The standard InChI is InChI=1S/C21H24O4/c1-15(17-4-8-19(9-5-17)23-12-21-14-25-21)10-16-2-6-18(7-3-16)22-11-20-13-24-20/h2-9,15,20-21H,10-14H2,1H3. The van der Waals surface area contributed by atoms with Crippen molar-refractivity contribution in [2.45, 2.75) is 31.5 Å². The molecule has 4 rings (SSSR count). The van der Waals surface area contributed by atoms with E-state index in [1.807, 2.05) is 24.3 Å². The molecular formula is C21H24O4. The fourth-order valence-corrected chi connectivity index (χ4v) is 2.79. The lowest BCUT2D eigenvalue weighted by molar-refractivity contribution is 0.263. The van der Waals surface area contributed by atoms with Gasteiger partial charge in [0.2, 0.25) is 0 Å². The van der Waals surface area contributed by atoms with Crippen molar-refractivity contribution in [1.29, 1.82) is 0 Å². The van der Waals surface area contributed by atoms with Crippen LogP contribution in [0.15, 0.2) is 48.5 Å². The van der Waals surface area contributed by atoms with Gasteiger partial charge >= 0.3 is 0 Å². The molecule has 0 aromatic heterocycles. The van der Waals surface area contributed by atoms with Gasteiger partial charge in [0.05, 0.1) is 13.2 Å². The molecule has 0 N–H and O–H groups in total. The third-order valence-corrected chi connectivity index (χ3v) is 4.59. The van der Waals surface area contributed by atoms with E-state index >= 15 is 0 Å². The third kappa shape index (κ3) is 4.97. The summed E-state index contributed by atoms with van der Waals surface area (Å²) in [5, 5.41) is 0. The molecule has 132 valence electrons. The van der Waals surface area contributed by atoms with Gasteiger partial charge in [-0.1, -0.05) is 31.2 Å². The quantitative estimate of drug-likeness (QED) is 0.654. The molecule has 0 radical (unpaired) electrons. The summed E-state index contributed by atoms with van der Waals surface area (Å²) >= 11 is 0. The van der Waals surface area contributed by atoms with Gasteiger partial charge in [0.25, 0.3) is 0 Å². The largest absolute Gasteiger partial charge is 0.491 e. The molecule has 25 heavy (non-hydrogen) atoms. The van der Waals surface area contributed by atoms with Crippen molar-refractivity contribution in [3.63, 3.8) is 0 Å². The van der Waals surface area contributed by atoms with Crippen LogP contribution in [0.2, 0.25) is 0 Å². The van der Waals surface area contributed by atoms with Crippen molar-refractivity contribution in [2.75, 3.05) is 26.4 Å². The Balaban J connectivity index is 1.28. The van der Waals surface area contributed by atoms with Gasteiger partial charge in [0.15, 0.2) is 0 Å². The zero-order chi connectivity index (χ0) is 17.1. The smallest absolute Gasteiger partial charge is 0.119 e. The molecule has 2 aromatic rings. The minimum atomic E-state index is 0.294. The van der Waals surface area contributed by atoms with Gasteiger partial charge in [0.1, 0.15) is 36.9 Å². The van der Waals surface area contributed by atoms with Crippen LogP contribution in [0.25, 0.3) is 0 Å². The molecule has 2 aliphatic heterocycles. The monoisotopic (exact) mass is 340 g/mol. The lowest BCUT2D eigenvalue weighted by atomic mass is 9.94. The fraction of sp³-hybridized carbons (Fsp3) is 0.429. The van der Waals surface area contributed by atoms with E-state index in [4.69, 9.17) is 18.9 Å². The van der Waals surface area contributed by atoms with Crippen LogP contribution in [-0.2, 0) is 15.9 Å². The minimum absolute atomic E-state index is 0.294. The lowest BCUT2D eigenvalue weighted by Gasteiger charge is -2.13. The van der Waals surface area contributed by atoms with E-state index < -0.39 is 0 Å². The first-order valence-corrected chi connectivity index (χ1v) is 8.94. The molecule has 0 spiro atoms. The molecule has 3 atom stereocenters. The first kappa shape index (κ1) is 16.4. The van der Waals surface area contributed by atoms with Gasteiger partial charge < -0.3 is 18.9 Å². The predicted octanol–water partition coefficient (Wildman–Crippen LogP) is 3.59. The summed E-state index contributed by atoms with van der Waals surface area (Å²) in [6.07, 6.45) is 1.59. The van der Waals surface area contributed by atoms with Crippen LogP contribution in [0.1, 0.15) is 24.0 Å². The summed E-state index contributed by atoms with van der Waals surface area (Å²) in [6, 6.07) is 16.8. The number of benzene rings is 2. The summed E-state index contributed by atoms with van der Waals surface area (Å²) in [6.45, 7) is 5.21. The second kappa shape index (κ2) is 7.46. The van der Waals surface area contributed by atoms with E-state index in [-0.39, 0.29) is 0 Å². The summed E-state index contributed by atoms with van der Waals surface area (Å²) in [5.74, 6) is 2.27. The van der Waals surface area contributed by atoms with Crippen LogP contribution in [-0.4, -0.2) is 38.6 Å². The van der Waals surface area contributed by atoms with E-state index in [0.29, 0.717) is 31.3 Å². The number of rotatable bonds is 9. The maximum Gasteiger partial charge on any atom is 0.119 e. The SMILES string of the molecule is CC(Cc1ccc(OCC2CO2)cc1)c1ccc(OCC2CO2)cc1. The zero-order valence-electron chi connectivity index (χ0n) is 14.5. The summed E-state index contributed by atoms with van der Waals surface area (Å²) in [4.78, 5) is 0. The van der Waals surface area contributed by atoms with Gasteiger partial charge in [-0.15, -0.1) is 0 Å². The maximum atomic E-state index is 5.69. The van der Waals surface area contributed by atoms with Crippen LogP contribution in [0.5, 0.6) is 11.5 Å². The van der Waals surface area contributed by atoms with E-state index in [1.54, 1.807) is 0 Å². The Morgan fingerprint density at radius 3 is 1.80 bits per heavy atom. The summed E-state index contributed by atoms with van der Waals surface area (Å²) in [5.41, 5.74) is 2.63. The second-order valence-corrected chi connectivity index (χ2v) is 6.85. The molecule has 2 saturated heterocycles. The van der Waals surface area contributed by atoms with Gasteiger partial charge in [-0.25, -0.2) is 0 Å². The Labute approximate surface area is 148 Å². The average Bonchev–Trinajstić information content (AvgIpc) is 3.55. The van der Waals surface area contributed by atoms with Crippen molar-refractivity contribution < 1.29 is 18.9 Å². The Morgan fingerprint density at radius 2 is 1.32 bits per heavy atom. The summed E-state index contributed by atoms with van der Waals surface area (Å²) in [7, 11) is 0. The normalized spacial score (nSPS) is 22.3. The zero-order valence-corrected chi connectivity index (χ0v) is 14.5. The Hall–Kier alpha value is -2.04. The van der Waals surface area contributed by atoms with Crippen molar-refractivity contribution in [2.24, 2.45) is 0 Å². The van der Waals surface area contributed by atoms with Crippen LogP contribution in [0, 0.1) is 0 Å². The van der Waals surface area contributed by atoms with Gasteiger partial charge in [-0.3, -0.25) is 0 Å². The van der Waals surface area contributed by atoms with Crippen molar-refractivity contribution in [1.82, 2.24) is 0 Å².